The maximum absolute atomic E-state index is 12.8. The van der Waals surface area contributed by atoms with Gasteiger partial charge in [0.25, 0.3) is 0 Å². The first kappa shape index (κ1) is 18.8. The SMILES string of the molecule is Bc1c(F)c(C)c(F)c(F)c1F.NC(CO)(CO)CO. The van der Waals surface area contributed by atoms with E-state index in [0.29, 0.717) is 0 Å². The molecule has 20 heavy (non-hydrogen) atoms. The first-order valence-corrected chi connectivity index (χ1v) is 5.55. The molecule has 0 unspecified atom stereocenters. The van der Waals surface area contributed by atoms with Gasteiger partial charge in [-0.1, -0.05) is 0 Å². The summed E-state index contributed by atoms with van der Waals surface area (Å²) in [6.07, 6.45) is 0. The lowest BCUT2D eigenvalue weighted by molar-refractivity contribution is 0.0698. The number of benzene rings is 1. The van der Waals surface area contributed by atoms with Gasteiger partial charge < -0.3 is 21.1 Å². The Morgan fingerprint density at radius 2 is 1.30 bits per heavy atom. The first-order chi connectivity index (χ1) is 9.15. The molecule has 9 heteroatoms. The molecule has 114 valence electrons. The fraction of sp³-hybridized carbons (Fsp3) is 0.455. The summed E-state index contributed by atoms with van der Waals surface area (Å²) in [5.41, 5.74) is 2.95. The van der Waals surface area contributed by atoms with Gasteiger partial charge in [0.05, 0.1) is 25.4 Å². The van der Waals surface area contributed by atoms with Crippen LogP contribution >= 0.6 is 0 Å². The maximum Gasteiger partial charge on any atom is 0.194 e. The van der Waals surface area contributed by atoms with Crippen molar-refractivity contribution >= 4 is 13.3 Å². The number of nitrogens with two attached hydrogens (primary N) is 1. The first-order valence-electron chi connectivity index (χ1n) is 5.55. The minimum absolute atomic E-state index is 0.403. The predicted molar refractivity (Wildman–Crippen MR) is 67.4 cm³/mol. The summed E-state index contributed by atoms with van der Waals surface area (Å²) < 4.78 is 50.5. The van der Waals surface area contributed by atoms with E-state index < -0.39 is 59.7 Å². The highest BCUT2D eigenvalue weighted by molar-refractivity contribution is 6.32. The average Bonchev–Trinajstić information content (AvgIpc) is 2.48. The van der Waals surface area contributed by atoms with Crippen LogP contribution < -0.4 is 11.2 Å². The van der Waals surface area contributed by atoms with E-state index in [1.807, 2.05) is 0 Å². The second kappa shape index (κ2) is 7.58. The fourth-order valence-corrected chi connectivity index (χ4v) is 1.05. The lowest BCUT2D eigenvalue weighted by atomic mass is 9.92. The van der Waals surface area contributed by atoms with Gasteiger partial charge in [-0.3, -0.25) is 0 Å². The highest BCUT2D eigenvalue weighted by atomic mass is 19.2. The van der Waals surface area contributed by atoms with Gasteiger partial charge in [-0.2, -0.15) is 0 Å². The van der Waals surface area contributed by atoms with E-state index in [9.17, 15) is 17.6 Å². The standard InChI is InChI=1S/C7H5BF4.C4H11NO3/c1-2-4(9)3(8)6(11)7(12)5(2)10;5-4(1-6,2-7)3-8/h8H2,1H3;6-8H,1-3,5H2. The van der Waals surface area contributed by atoms with E-state index in [2.05, 4.69) is 0 Å². The molecule has 1 aromatic rings. The number of hydrogen-bond acceptors (Lipinski definition) is 4. The van der Waals surface area contributed by atoms with E-state index in [4.69, 9.17) is 21.1 Å². The molecule has 0 fully saturated rings. The monoisotopic (exact) mass is 297 g/mol. The Morgan fingerprint density at radius 1 is 0.900 bits per heavy atom. The number of hydrogen-bond donors (Lipinski definition) is 4. The van der Waals surface area contributed by atoms with Crippen LogP contribution in [0.5, 0.6) is 0 Å². The molecule has 0 aliphatic carbocycles. The number of aliphatic hydroxyl groups is 3. The summed E-state index contributed by atoms with van der Waals surface area (Å²) in [6.45, 7) is -0.153. The molecular formula is C11H16BF4NO3. The van der Waals surface area contributed by atoms with Gasteiger partial charge in [0.15, 0.2) is 17.5 Å². The van der Waals surface area contributed by atoms with Crippen molar-refractivity contribution in [2.45, 2.75) is 12.5 Å². The number of halogens is 4. The second-order valence-electron chi connectivity index (χ2n) is 4.34. The van der Waals surface area contributed by atoms with Gasteiger partial charge in [0.2, 0.25) is 0 Å². The van der Waals surface area contributed by atoms with Crippen LogP contribution in [-0.2, 0) is 0 Å². The van der Waals surface area contributed by atoms with Crippen LogP contribution in [0.1, 0.15) is 5.56 Å². The summed E-state index contributed by atoms with van der Waals surface area (Å²) >= 11 is 0. The van der Waals surface area contributed by atoms with Crippen molar-refractivity contribution in [2.24, 2.45) is 5.73 Å². The molecule has 5 N–H and O–H groups in total. The molecule has 0 bridgehead atoms. The van der Waals surface area contributed by atoms with Crippen LogP contribution in [0.25, 0.3) is 0 Å². The normalized spacial score (nSPS) is 11.1. The number of aliphatic hydroxyl groups excluding tert-OH is 3. The van der Waals surface area contributed by atoms with Gasteiger partial charge in [-0.25, -0.2) is 17.6 Å². The second-order valence-corrected chi connectivity index (χ2v) is 4.34. The summed E-state index contributed by atoms with van der Waals surface area (Å²) in [4.78, 5) is 0. The molecule has 0 spiro atoms. The van der Waals surface area contributed by atoms with E-state index in [1.165, 1.54) is 0 Å². The predicted octanol–water partition coefficient (Wildman–Crippen LogP) is -1.53. The summed E-state index contributed by atoms with van der Waals surface area (Å²) in [5, 5.41) is 25.0. The Labute approximate surface area is 114 Å². The van der Waals surface area contributed by atoms with Crippen LogP contribution in [0.3, 0.4) is 0 Å². The fourth-order valence-electron chi connectivity index (χ4n) is 1.05. The zero-order chi connectivity index (χ0) is 16.1. The van der Waals surface area contributed by atoms with Crippen LogP contribution in [0.4, 0.5) is 17.6 Å². The molecule has 0 radical (unpaired) electrons. The van der Waals surface area contributed by atoms with Gasteiger partial charge in [0.1, 0.15) is 13.7 Å². The van der Waals surface area contributed by atoms with E-state index >= 15 is 0 Å². The maximum atomic E-state index is 12.8. The van der Waals surface area contributed by atoms with Crippen molar-refractivity contribution < 1.29 is 32.9 Å². The van der Waals surface area contributed by atoms with Gasteiger partial charge in [0, 0.05) is 5.56 Å². The Hall–Kier alpha value is -1.16. The Morgan fingerprint density at radius 3 is 1.60 bits per heavy atom. The molecule has 0 saturated carbocycles. The quantitative estimate of drug-likeness (QED) is 0.236. The minimum atomic E-state index is -1.62. The van der Waals surface area contributed by atoms with Crippen molar-refractivity contribution in [3.8, 4) is 0 Å². The van der Waals surface area contributed by atoms with Crippen molar-refractivity contribution in [1.29, 1.82) is 0 Å². The molecule has 0 atom stereocenters. The molecule has 0 aliphatic rings. The molecule has 0 saturated heterocycles. The third-order valence-electron chi connectivity index (χ3n) is 2.65. The van der Waals surface area contributed by atoms with Crippen LogP contribution in [0.15, 0.2) is 0 Å². The highest BCUT2D eigenvalue weighted by Crippen LogP contribution is 2.15. The third-order valence-corrected chi connectivity index (χ3v) is 2.65. The minimum Gasteiger partial charge on any atom is -0.394 e. The lowest BCUT2D eigenvalue weighted by Crippen LogP contribution is -2.50. The Balaban J connectivity index is 0.000000396. The van der Waals surface area contributed by atoms with Gasteiger partial charge in [-0.05, 0) is 12.4 Å². The van der Waals surface area contributed by atoms with Crippen LogP contribution in [0.2, 0.25) is 0 Å². The largest absolute Gasteiger partial charge is 0.394 e. The Kier molecular flexibility index (Phi) is 7.14. The molecule has 1 rings (SSSR count). The summed E-state index contributed by atoms with van der Waals surface area (Å²) in [6, 6.07) is 0. The molecule has 4 nitrogen and oxygen atoms in total. The van der Waals surface area contributed by atoms with Crippen molar-refractivity contribution in [3.05, 3.63) is 28.8 Å². The lowest BCUT2D eigenvalue weighted by Gasteiger charge is -2.20. The zero-order valence-electron chi connectivity index (χ0n) is 11.1. The van der Waals surface area contributed by atoms with Gasteiger partial charge >= 0.3 is 0 Å². The van der Waals surface area contributed by atoms with Crippen molar-refractivity contribution in [1.82, 2.24) is 0 Å². The van der Waals surface area contributed by atoms with Crippen LogP contribution in [0, 0.1) is 30.2 Å². The van der Waals surface area contributed by atoms with E-state index in [-0.39, 0.29) is 0 Å². The Bertz CT molecular complexity index is 356. The van der Waals surface area contributed by atoms with Crippen molar-refractivity contribution in [2.75, 3.05) is 19.8 Å². The zero-order valence-corrected chi connectivity index (χ0v) is 11.1. The van der Waals surface area contributed by atoms with E-state index in [1.54, 1.807) is 0 Å². The molecule has 1 aromatic carbocycles. The van der Waals surface area contributed by atoms with Crippen LogP contribution in [-0.4, -0.2) is 48.5 Å². The summed E-state index contributed by atoms with van der Waals surface area (Å²) in [7, 11) is 1.06. The van der Waals surface area contributed by atoms with Crippen molar-refractivity contribution in [3.63, 3.8) is 0 Å². The topological polar surface area (TPSA) is 86.7 Å². The molecule has 0 heterocycles. The summed E-state index contributed by atoms with van der Waals surface area (Å²) in [5.74, 6) is -5.58. The molecule has 0 amide bonds. The van der Waals surface area contributed by atoms with E-state index in [0.717, 1.165) is 14.8 Å². The molecule has 0 aromatic heterocycles. The average molecular weight is 297 g/mol. The smallest absolute Gasteiger partial charge is 0.194 e. The third kappa shape index (κ3) is 4.17. The van der Waals surface area contributed by atoms with Gasteiger partial charge in [-0.15, -0.1) is 0 Å². The highest BCUT2D eigenvalue weighted by Gasteiger charge is 2.21. The molecular weight excluding hydrogens is 281 g/mol. The number of rotatable bonds is 3. The molecule has 0 aliphatic heterocycles.